The maximum absolute atomic E-state index is 5.37. The van der Waals surface area contributed by atoms with Gasteiger partial charge in [0.15, 0.2) is 0 Å². The summed E-state index contributed by atoms with van der Waals surface area (Å²) in [5, 5.41) is 7.49. The smallest absolute Gasteiger partial charge is 0.146 e. The second-order valence-electron chi connectivity index (χ2n) is 4.29. The molecule has 0 bridgehead atoms. The Balaban J connectivity index is 2.07. The van der Waals surface area contributed by atoms with Crippen LogP contribution in [0.1, 0.15) is 31.3 Å². The van der Waals surface area contributed by atoms with Gasteiger partial charge in [0.2, 0.25) is 0 Å². The highest BCUT2D eigenvalue weighted by molar-refractivity contribution is 5.49. The van der Waals surface area contributed by atoms with E-state index in [9.17, 15) is 0 Å². The number of anilines is 1. The van der Waals surface area contributed by atoms with Crippen LogP contribution in [0.25, 0.3) is 0 Å². The van der Waals surface area contributed by atoms with Crippen molar-refractivity contribution in [1.29, 1.82) is 0 Å². The third kappa shape index (κ3) is 2.69. The van der Waals surface area contributed by atoms with Crippen LogP contribution in [-0.2, 0) is 6.54 Å². The molecule has 0 fully saturated rings. The third-order valence-electron chi connectivity index (χ3n) is 2.62. The molecule has 1 aromatic carbocycles. The van der Waals surface area contributed by atoms with E-state index in [0.717, 1.165) is 17.1 Å². The zero-order valence-corrected chi connectivity index (χ0v) is 10.6. The Morgan fingerprint density at radius 1 is 1.44 bits per heavy atom. The second kappa shape index (κ2) is 5.37. The van der Waals surface area contributed by atoms with E-state index in [2.05, 4.69) is 35.2 Å². The predicted octanol–water partition coefficient (Wildman–Crippen LogP) is 2.45. The standard InChI is InChI=1S/C14H16N4/c1-4-12-6-5-7-13(8-12)15-9-14-16-10-17-18(14)11(2)3/h1,5-8,10-11,15H,9H2,2-3H3. The van der Waals surface area contributed by atoms with Gasteiger partial charge in [-0.1, -0.05) is 12.0 Å². The number of rotatable bonds is 4. The van der Waals surface area contributed by atoms with Crippen molar-refractivity contribution in [1.82, 2.24) is 14.8 Å². The molecule has 18 heavy (non-hydrogen) atoms. The van der Waals surface area contributed by atoms with Crippen molar-refractivity contribution >= 4 is 5.69 Å². The molecule has 2 rings (SSSR count). The van der Waals surface area contributed by atoms with Gasteiger partial charge in [-0.2, -0.15) is 5.10 Å². The van der Waals surface area contributed by atoms with Crippen molar-refractivity contribution in [3.8, 4) is 12.3 Å². The second-order valence-corrected chi connectivity index (χ2v) is 4.29. The Bertz CT molecular complexity index is 563. The Hall–Kier alpha value is -2.28. The van der Waals surface area contributed by atoms with Crippen LogP contribution in [0.4, 0.5) is 5.69 Å². The molecule has 0 atom stereocenters. The largest absolute Gasteiger partial charge is 0.378 e. The summed E-state index contributed by atoms with van der Waals surface area (Å²) in [6.45, 7) is 4.79. The molecule has 0 saturated heterocycles. The van der Waals surface area contributed by atoms with E-state index in [0.29, 0.717) is 12.6 Å². The molecule has 0 spiro atoms. The lowest BCUT2D eigenvalue weighted by molar-refractivity contribution is 0.509. The van der Waals surface area contributed by atoms with Crippen LogP contribution in [-0.4, -0.2) is 14.8 Å². The summed E-state index contributed by atoms with van der Waals surface area (Å²) in [6.07, 6.45) is 6.95. The van der Waals surface area contributed by atoms with Crippen molar-refractivity contribution in [3.05, 3.63) is 42.0 Å². The van der Waals surface area contributed by atoms with Crippen LogP contribution in [0.3, 0.4) is 0 Å². The first-order valence-electron chi connectivity index (χ1n) is 5.89. The van der Waals surface area contributed by atoms with E-state index >= 15 is 0 Å². The molecular formula is C14H16N4. The summed E-state index contributed by atoms with van der Waals surface area (Å²) in [7, 11) is 0. The first-order chi connectivity index (χ1) is 8.70. The van der Waals surface area contributed by atoms with Crippen LogP contribution >= 0.6 is 0 Å². The summed E-state index contributed by atoms with van der Waals surface area (Å²) >= 11 is 0. The molecule has 1 aromatic heterocycles. The van der Waals surface area contributed by atoms with Crippen LogP contribution < -0.4 is 5.32 Å². The number of aromatic nitrogens is 3. The molecular weight excluding hydrogens is 224 g/mol. The van der Waals surface area contributed by atoms with Gasteiger partial charge >= 0.3 is 0 Å². The molecule has 0 unspecified atom stereocenters. The number of nitrogens with one attached hydrogen (secondary N) is 1. The molecule has 0 radical (unpaired) electrons. The molecule has 0 aliphatic carbocycles. The molecule has 0 saturated carbocycles. The Labute approximate surface area is 107 Å². The van der Waals surface area contributed by atoms with Crippen molar-refractivity contribution in [3.63, 3.8) is 0 Å². The van der Waals surface area contributed by atoms with Crippen LogP contribution in [0.5, 0.6) is 0 Å². The topological polar surface area (TPSA) is 42.7 Å². The van der Waals surface area contributed by atoms with Gasteiger partial charge in [0.25, 0.3) is 0 Å². The molecule has 1 N–H and O–H groups in total. The first kappa shape index (κ1) is 12.2. The fraction of sp³-hybridized carbons (Fsp3) is 0.286. The monoisotopic (exact) mass is 240 g/mol. The summed E-state index contributed by atoms with van der Waals surface area (Å²) in [6, 6.07) is 8.07. The number of hydrogen-bond acceptors (Lipinski definition) is 3. The lowest BCUT2D eigenvalue weighted by Gasteiger charge is -2.10. The molecule has 92 valence electrons. The molecule has 1 heterocycles. The average Bonchev–Trinajstić information content (AvgIpc) is 2.85. The van der Waals surface area contributed by atoms with Gasteiger partial charge < -0.3 is 5.32 Å². The van der Waals surface area contributed by atoms with Gasteiger partial charge in [-0.3, -0.25) is 0 Å². The minimum atomic E-state index is 0.307. The third-order valence-corrected chi connectivity index (χ3v) is 2.62. The van der Waals surface area contributed by atoms with Crippen LogP contribution in [0.2, 0.25) is 0 Å². The van der Waals surface area contributed by atoms with Crippen molar-refractivity contribution < 1.29 is 0 Å². The summed E-state index contributed by atoms with van der Waals surface area (Å²) < 4.78 is 1.90. The van der Waals surface area contributed by atoms with E-state index < -0.39 is 0 Å². The number of terminal acetylenes is 1. The lowest BCUT2D eigenvalue weighted by Crippen LogP contribution is -2.12. The Morgan fingerprint density at radius 2 is 2.28 bits per heavy atom. The highest BCUT2D eigenvalue weighted by Crippen LogP contribution is 2.12. The summed E-state index contributed by atoms with van der Waals surface area (Å²) in [5.74, 6) is 3.53. The van der Waals surface area contributed by atoms with Gasteiger partial charge in [-0.15, -0.1) is 6.42 Å². The minimum absolute atomic E-state index is 0.307. The van der Waals surface area contributed by atoms with Gasteiger partial charge in [0.1, 0.15) is 12.2 Å². The van der Waals surface area contributed by atoms with Crippen LogP contribution in [0, 0.1) is 12.3 Å². The quantitative estimate of drug-likeness (QED) is 0.835. The highest BCUT2D eigenvalue weighted by atomic mass is 15.3. The molecule has 4 heteroatoms. The minimum Gasteiger partial charge on any atom is -0.378 e. The van der Waals surface area contributed by atoms with Gasteiger partial charge in [-0.05, 0) is 32.0 Å². The molecule has 4 nitrogen and oxygen atoms in total. The average molecular weight is 240 g/mol. The van der Waals surface area contributed by atoms with Gasteiger partial charge in [-0.25, -0.2) is 9.67 Å². The predicted molar refractivity (Wildman–Crippen MR) is 72.1 cm³/mol. The number of nitrogens with zero attached hydrogens (tertiary/aromatic N) is 3. The van der Waals surface area contributed by atoms with Crippen molar-refractivity contribution in [2.75, 3.05) is 5.32 Å². The maximum Gasteiger partial charge on any atom is 0.146 e. The normalized spacial score (nSPS) is 10.3. The van der Waals surface area contributed by atoms with E-state index in [1.54, 1.807) is 6.33 Å². The molecule has 0 amide bonds. The highest BCUT2D eigenvalue weighted by Gasteiger charge is 2.06. The lowest BCUT2D eigenvalue weighted by atomic mass is 10.2. The van der Waals surface area contributed by atoms with Crippen molar-refractivity contribution in [2.24, 2.45) is 0 Å². The number of benzene rings is 1. The zero-order valence-electron chi connectivity index (χ0n) is 10.6. The van der Waals surface area contributed by atoms with E-state index in [1.807, 2.05) is 28.9 Å². The first-order valence-corrected chi connectivity index (χ1v) is 5.89. The van der Waals surface area contributed by atoms with E-state index in [1.165, 1.54) is 0 Å². The number of hydrogen-bond donors (Lipinski definition) is 1. The Morgan fingerprint density at radius 3 is 3.00 bits per heavy atom. The SMILES string of the molecule is C#Cc1cccc(NCc2ncnn2C(C)C)c1. The van der Waals surface area contributed by atoms with E-state index in [-0.39, 0.29) is 0 Å². The Kier molecular flexibility index (Phi) is 3.63. The summed E-state index contributed by atoms with van der Waals surface area (Å²) in [5.41, 5.74) is 1.86. The zero-order chi connectivity index (χ0) is 13.0. The van der Waals surface area contributed by atoms with Gasteiger partial charge in [0.05, 0.1) is 6.54 Å². The van der Waals surface area contributed by atoms with Gasteiger partial charge in [0, 0.05) is 17.3 Å². The summed E-state index contributed by atoms with van der Waals surface area (Å²) in [4.78, 5) is 4.24. The maximum atomic E-state index is 5.37. The van der Waals surface area contributed by atoms with Crippen LogP contribution in [0.15, 0.2) is 30.6 Å². The molecule has 2 aromatic rings. The fourth-order valence-corrected chi connectivity index (χ4v) is 1.73. The fourth-order valence-electron chi connectivity index (χ4n) is 1.73. The van der Waals surface area contributed by atoms with E-state index in [4.69, 9.17) is 6.42 Å². The molecule has 0 aliphatic rings. The molecule has 0 aliphatic heterocycles. The van der Waals surface area contributed by atoms with Crippen molar-refractivity contribution in [2.45, 2.75) is 26.4 Å².